The predicted octanol–water partition coefficient (Wildman–Crippen LogP) is 2.49. The molecule has 3 aliphatic rings. The zero-order valence-corrected chi connectivity index (χ0v) is 17.9. The highest BCUT2D eigenvalue weighted by molar-refractivity contribution is 5.72. The van der Waals surface area contributed by atoms with Crippen LogP contribution in [0.5, 0.6) is 0 Å². The van der Waals surface area contributed by atoms with E-state index in [4.69, 9.17) is 13.9 Å². The first-order chi connectivity index (χ1) is 14.0. The maximum absolute atomic E-state index is 12.1. The van der Waals surface area contributed by atoms with Crippen molar-refractivity contribution in [2.75, 3.05) is 0 Å². The molecule has 1 aromatic rings. The van der Waals surface area contributed by atoms with Crippen LogP contribution in [0.25, 0.3) is 5.57 Å². The van der Waals surface area contributed by atoms with Gasteiger partial charge < -0.3 is 24.1 Å². The van der Waals surface area contributed by atoms with Gasteiger partial charge in [0.1, 0.15) is 29.7 Å². The van der Waals surface area contributed by atoms with Crippen LogP contribution in [0.4, 0.5) is 0 Å². The molecule has 7 heteroatoms. The first-order valence-corrected chi connectivity index (χ1v) is 10.5. The molecule has 30 heavy (non-hydrogen) atoms. The number of hydrogen-bond acceptors (Lipinski definition) is 7. The summed E-state index contributed by atoms with van der Waals surface area (Å²) in [6.45, 7) is 10.7. The summed E-state index contributed by atoms with van der Waals surface area (Å²) >= 11 is 0. The van der Waals surface area contributed by atoms with Gasteiger partial charge in [-0.05, 0) is 35.8 Å². The standard InChI is InChI=1S/C23H30O7/c1-11-14-7-9-28-17(14)10-15-18(11)20(30-13(3)25)21(26)23(27)19(15)16(29-12(2)24)6-8-22(23,4)5/h7,9,15-16,18-21,26-27H,1,6,8,10H2,2-5H3/t15-,16+,18+,19+,20-,21+,23-/m1/s1. The number of carbonyl (C=O) groups is 2. The van der Waals surface area contributed by atoms with Gasteiger partial charge in [0.2, 0.25) is 0 Å². The van der Waals surface area contributed by atoms with Crippen LogP contribution in [0.15, 0.2) is 23.3 Å². The van der Waals surface area contributed by atoms with Crippen LogP contribution in [0, 0.1) is 23.2 Å². The number of furan rings is 1. The van der Waals surface area contributed by atoms with E-state index < -0.39 is 53.1 Å². The normalized spacial score (nSPS) is 39.3. The second-order valence-electron chi connectivity index (χ2n) is 9.62. The molecule has 4 rings (SSSR count). The number of aliphatic hydroxyl groups is 2. The summed E-state index contributed by atoms with van der Waals surface area (Å²) in [5, 5.41) is 23.6. The Labute approximate surface area is 176 Å². The summed E-state index contributed by atoms with van der Waals surface area (Å²) in [6.07, 6.45) is 0.302. The van der Waals surface area contributed by atoms with Crippen molar-refractivity contribution in [2.45, 2.75) is 70.9 Å². The van der Waals surface area contributed by atoms with Crippen LogP contribution in [-0.4, -0.2) is 46.1 Å². The van der Waals surface area contributed by atoms with Gasteiger partial charge in [-0.25, -0.2) is 0 Å². The van der Waals surface area contributed by atoms with Gasteiger partial charge in [0.25, 0.3) is 0 Å². The molecule has 3 aliphatic carbocycles. The molecule has 0 saturated heterocycles. The van der Waals surface area contributed by atoms with Crippen LogP contribution in [0.2, 0.25) is 0 Å². The van der Waals surface area contributed by atoms with Gasteiger partial charge in [0, 0.05) is 37.7 Å². The van der Waals surface area contributed by atoms with E-state index >= 15 is 0 Å². The number of hydrogen-bond donors (Lipinski definition) is 2. The molecule has 164 valence electrons. The summed E-state index contributed by atoms with van der Waals surface area (Å²) in [4.78, 5) is 23.8. The Hall–Kier alpha value is -2.12. The zero-order chi connectivity index (χ0) is 22.0. The molecule has 2 N–H and O–H groups in total. The molecule has 2 fully saturated rings. The summed E-state index contributed by atoms with van der Waals surface area (Å²) in [6, 6.07) is 1.82. The van der Waals surface area contributed by atoms with E-state index in [-0.39, 0.29) is 5.92 Å². The highest BCUT2D eigenvalue weighted by atomic mass is 16.6. The number of fused-ring (bicyclic) bond motifs is 4. The molecule has 0 amide bonds. The Balaban J connectivity index is 1.89. The molecule has 7 nitrogen and oxygen atoms in total. The average Bonchev–Trinajstić information content (AvgIpc) is 3.10. The minimum Gasteiger partial charge on any atom is -0.469 e. The smallest absolute Gasteiger partial charge is 0.303 e. The number of carbonyl (C=O) groups excluding carboxylic acids is 2. The predicted molar refractivity (Wildman–Crippen MR) is 107 cm³/mol. The molecule has 0 bridgehead atoms. The number of aliphatic hydroxyl groups excluding tert-OH is 1. The number of rotatable bonds is 2. The molecule has 2 saturated carbocycles. The fourth-order valence-electron chi connectivity index (χ4n) is 6.29. The minimum absolute atomic E-state index is 0.280. The lowest BCUT2D eigenvalue weighted by Gasteiger charge is -2.64. The highest BCUT2D eigenvalue weighted by Crippen LogP contribution is 2.61. The monoisotopic (exact) mass is 418 g/mol. The minimum atomic E-state index is -1.63. The topological polar surface area (TPSA) is 106 Å². The molecule has 1 heterocycles. The van der Waals surface area contributed by atoms with Crippen molar-refractivity contribution in [2.24, 2.45) is 23.2 Å². The molecular weight excluding hydrogens is 388 g/mol. The third-order valence-electron chi connectivity index (χ3n) is 7.62. The molecule has 0 spiro atoms. The van der Waals surface area contributed by atoms with Crippen molar-refractivity contribution in [3.8, 4) is 0 Å². The quantitative estimate of drug-likeness (QED) is 0.711. The fourth-order valence-corrected chi connectivity index (χ4v) is 6.29. The lowest BCUT2D eigenvalue weighted by atomic mass is 9.46. The fraction of sp³-hybridized carbons (Fsp3) is 0.652. The van der Waals surface area contributed by atoms with Crippen LogP contribution in [0.3, 0.4) is 0 Å². The van der Waals surface area contributed by atoms with Crippen LogP contribution >= 0.6 is 0 Å². The summed E-state index contributed by atoms with van der Waals surface area (Å²) < 4.78 is 16.9. The zero-order valence-electron chi connectivity index (χ0n) is 17.9. The lowest BCUT2D eigenvalue weighted by molar-refractivity contribution is -0.292. The Morgan fingerprint density at radius 1 is 1.23 bits per heavy atom. The van der Waals surface area contributed by atoms with E-state index in [2.05, 4.69) is 6.58 Å². The van der Waals surface area contributed by atoms with E-state index in [0.717, 1.165) is 11.3 Å². The first kappa shape index (κ1) is 21.1. The van der Waals surface area contributed by atoms with Gasteiger partial charge in [-0.15, -0.1) is 0 Å². The van der Waals surface area contributed by atoms with Gasteiger partial charge in [0.05, 0.1) is 6.26 Å². The van der Waals surface area contributed by atoms with Crippen molar-refractivity contribution in [3.05, 3.63) is 30.2 Å². The molecule has 7 atom stereocenters. The van der Waals surface area contributed by atoms with E-state index in [1.54, 1.807) is 6.26 Å². The first-order valence-electron chi connectivity index (χ1n) is 10.5. The van der Waals surface area contributed by atoms with Crippen LogP contribution < -0.4 is 0 Å². The van der Waals surface area contributed by atoms with Crippen LogP contribution in [0.1, 0.15) is 51.9 Å². The molecule has 1 aromatic heterocycles. The van der Waals surface area contributed by atoms with E-state index in [1.165, 1.54) is 13.8 Å². The Kier molecular flexibility index (Phi) is 4.90. The van der Waals surface area contributed by atoms with Gasteiger partial charge in [0.15, 0.2) is 0 Å². The van der Waals surface area contributed by atoms with Crippen molar-refractivity contribution < 1.29 is 33.7 Å². The van der Waals surface area contributed by atoms with Crippen LogP contribution in [-0.2, 0) is 25.5 Å². The SMILES string of the molecule is C=C1c2ccoc2C[C@@H]2[C@H]1[C@@H](OC(C)=O)[C@H](O)[C@]1(O)[C@@H]2[C@@H](OC(C)=O)CCC1(C)C. The summed E-state index contributed by atoms with van der Waals surface area (Å²) in [5.74, 6) is -1.48. The lowest BCUT2D eigenvalue weighted by Crippen LogP contribution is -2.74. The third kappa shape index (κ3) is 2.86. The number of esters is 2. The molecular formula is C23H30O7. The second-order valence-corrected chi connectivity index (χ2v) is 9.62. The van der Waals surface area contributed by atoms with E-state index in [9.17, 15) is 19.8 Å². The maximum atomic E-state index is 12.1. The van der Waals surface area contributed by atoms with Crippen molar-refractivity contribution in [3.63, 3.8) is 0 Å². The number of ether oxygens (including phenoxy) is 2. The van der Waals surface area contributed by atoms with Crippen molar-refractivity contribution >= 4 is 17.5 Å². The molecule has 0 aliphatic heterocycles. The summed E-state index contributed by atoms with van der Waals surface area (Å²) in [5.41, 5.74) is -0.781. The summed E-state index contributed by atoms with van der Waals surface area (Å²) in [7, 11) is 0. The van der Waals surface area contributed by atoms with Gasteiger partial charge >= 0.3 is 11.9 Å². The van der Waals surface area contributed by atoms with Crippen molar-refractivity contribution in [1.29, 1.82) is 0 Å². The van der Waals surface area contributed by atoms with Crippen molar-refractivity contribution in [1.82, 2.24) is 0 Å². The van der Waals surface area contributed by atoms with E-state index in [0.29, 0.717) is 24.8 Å². The van der Waals surface area contributed by atoms with Gasteiger partial charge in [-0.3, -0.25) is 9.59 Å². The van der Waals surface area contributed by atoms with Gasteiger partial charge in [-0.2, -0.15) is 0 Å². The molecule has 0 aromatic carbocycles. The van der Waals surface area contributed by atoms with Gasteiger partial charge in [-0.1, -0.05) is 20.4 Å². The Bertz CT molecular complexity index is 884. The Morgan fingerprint density at radius 3 is 2.53 bits per heavy atom. The van der Waals surface area contributed by atoms with E-state index in [1.807, 2.05) is 19.9 Å². The maximum Gasteiger partial charge on any atom is 0.303 e. The third-order valence-corrected chi connectivity index (χ3v) is 7.62. The molecule has 0 unspecified atom stereocenters. The average molecular weight is 418 g/mol. The Morgan fingerprint density at radius 2 is 1.90 bits per heavy atom. The second kappa shape index (κ2) is 6.95. The highest BCUT2D eigenvalue weighted by Gasteiger charge is 2.69. The largest absolute Gasteiger partial charge is 0.469 e. The molecule has 0 radical (unpaired) electrons.